The van der Waals surface area contributed by atoms with Gasteiger partial charge in [0.25, 0.3) is 17.7 Å². The maximum Gasteiger partial charge on any atom is 0.267 e. The molecule has 1 saturated carbocycles. The van der Waals surface area contributed by atoms with E-state index >= 15 is 4.39 Å². The molecule has 0 aromatic heterocycles. The van der Waals surface area contributed by atoms with Crippen LogP contribution < -0.4 is 10.6 Å². The number of carbonyl (C=O) groups is 2. The molecule has 0 spiro atoms. The smallest absolute Gasteiger partial charge is 0.267 e. The van der Waals surface area contributed by atoms with Crippen LogP contribution in [-0.4, -0.2) is 30.8 Å². The molecule has 0 bridgehead atoms. The Morgan fingerprint density at radius 2 is 1.85 bits per heavy atom. The van der Waals surface area contributed by atoms with Crippen molar-refractivity contribution in [2.24, 2.45) is 0 Å². The molecule has 3 rings (SSSR count). The first-order chi connectivity index (χ1) is 16.2. The van der Waals surface area contributed by atoms with E-state index in [1.165, 1.54) is 18.2 Å². The molecule has 0 aliphatic heterocycles. The Hall–Kier alpha value is -3.35. The number of carbonyl (C=O) groups excluding carboxylic acids is 2. The summed E-state index contributed by atoms with van der Waals surface area (Å²) in [6.45, 7) is 5.66. The molecule has 4 nitrogen and oxygen atoms in total. The largest absolute Gasteiger partial charge is 0.355 e. The minimum absolute atomic E-state index is 0.00871. The van der Waals surface area contributed by atoms with Crippen LogP contribution in [0, 0.1) is 5.82 Å². The predicted molar refractivity (Wildman–Crippen MR) is 128 cm³/mol. The van der Waals surface area contributed by atoms with Crippen LogP contribution in [0.25, 0.3) is 11.1 Å². The Kier molecular flexibility index (Phi) is 7.97. The van der Waals surface area contributed by atoms with Gasteiger partial charge in [0.05, 0.1) is 6.04 Å². The van der Waals surface area contributed by atoms with Gasteiger partial charge in [-0.2, -0.15) is 0 Å². The van der Waals surface area contributed by atoms with E-state index in [0.29, 0.717) is 36.0 Å². The molecule has 180 valence electrons. The first-order valence-corrected chi connectivity index (χ1v) is 11.3. The fraction of sp³-hybridized carbons (Fsp3) is 0.333. The maximum atomic E-state index is 15.0. The number of hydrogen-bond donors (Lipinski definition) is 2. The molecule has 7 heteroatoms. The van der Waals surface area contributed by atoms with Gasteiger partial charge < -0.3 is 10.6 Å². The lowest BCUT2D eigenvalue weighted by Crippen LogP contribution is -2.49. The monoisotopic (exact) mass is 470 g/mol. The molecule has 1 aliphatic carbocycles. The minimum Gasteiger partial charge on any atom is -0.355 e. The number of halogens is 3. The minimum atomic E-state index is -2.99. The fourth-order valence-electron chi connectivity index (χ4n) is 4.25. The lowest BCUT2D eigenvalue weighted by Gasteiger charge is -2.32. The maximum absolute atomic E-state index is 15.0. The van der Waals surface area contributed by atoms with Gasteiger partial charge in [-0.1, -0.05) is 43.3 Å². The van der Waals surface area contributed by atoms with Gasteiger partial charge in [0, 0.05) is 30.2 Å². The molecule has 2 aromatic rings. The second-order valence-electron chi connectivity index (χ2n) is 8.45. The third-order valence-corrected chi connectivity index (χ3v) is 6.13. The van der Waals surface area contributed by atoms with Gasteiger partial charge in [0.15, 0.2) is 0 Å². The van der Waals surface area contributed by atoms with Crippen LogP contribution in [0.4, 0.5) is 13.2 Å². The van der Waals surface area contributed by atoms with E-state index in [1.807, 2.05) is 0 Å². The number of hydrogen-bond acceptors (Lipinski definition) is 2. The molecular formula is C27H29F3N2O2. The summed E-state index contributed by atoms with van der Waals surface area (Å²) >= 11 is 0. The molecule has 1 fully saturated rings. The molecule has 1 aliphatic rings. The highest BCUT2D eigenvalue weighted by Crippen LogP contribution is 2.35. The van der Waals surface area contributed by atoms with Crippen LogP contribution in [0.15, 0.2) is 55.1 Å². The summed E-state index contributed by atoms with van der Waals surface area (Å²) in [5.41, 5.74) is 2.36. The van der Waals surface area contributed by atoms with Crippen molar-refractivity contribution in [1.29, 1.82) is 0 Å². The molecule has 1 atom stereocenters. The van der Waals surface area contributed by atoms with Gasteiger partial charge in [-0.15, -0.1) is 0 Å². The van der Waals surface area contributed by atoms with Crippen LogP contribution in [0.2, 0.25) is 0 Å². The molecule has 2 aromatic carbocycles. The van der Waals surface area contributed by atoms with Crippen LogP contribution in [0.5, 0.6) is 0 Å². The predicted octanol–water partition coefficient (Wildman–Crippen LogP) is 5.54. The van der Waals surface area contributed by atoms with E-state index < -0.39 is 23.7 Å². The zero-order valence-corrected chi connectivity index (χ0v) is 19.4. The highest BCUT2D eigenvalue weighted by molar-refractivity contribution is 6.20. The quantitative estimate of drug-likeness (QED) is 0.522. The van der Waals surface area contributed by atoms with Gasteiger partial charge in [-0.05, 0) is 61.1 Å². The first kappa shape index (κ1) is 25.3. The van der Waals surface area contributed by atoms with Crippen LogP contribution in [0.3, 0.4) is 0 Å². The lowest BCUT2D eigenvalue weighted by molar-refractivity contribution is -0.122. The number of benzene rings is 2. The normalized spacial score (nSPS) is 17.7. The Morgan fingerprint density at radius 3 is 2.47 bits per heavy atom. The number of alkyl halides is 2. The van der Waals surface area contributed by atoms with E-state index in [-0.39, 0.29) is 29.9 Å². The van der Waals surface area contributed by atoms with E-state index in [2.05, 4.69) is 17.2 Å². The third-order valence-electron chi connectivity index (χ3n) is 6.13. The van der Waals surface area contributed by atoms with E-state index in [1.54, 1.807) is 44.3 Å². The summed E-state index contributed by atoms with van der Waals surface area (Å²) in [4.78, 5) is 24.7. The summed E-state index contributed by atoms with van der Waals surface area (Å²) in [7, 11) is 1.55. The van der Waals surface area contributed by atoms with E-state index in [9.17, 15) is 18.4 Å². The van der Waals surface area contributed by atoms with Crippen molar-refractivity contribution in [1.82, 2.24) is 10.6 Å². The summed E-state index contributed by atoms with van der Waals surface area (Å²) in [6.07, 6.45) is 2.71. The van der Waals surface area contributed by atoms with Crippen molar-refractivity contribution < 1.29 is 22.8 Å². The van der Waals surface area contributed by atoms with Crippen molar-refractivity contribution in [3.8, 4) is 0 Å². The van der Waals surface area contributed by atoms with Gasteiger partial charge in [0.2, 0.25) is 0 Å². The summed E-state index contributed by atoms with van der Waals surface area (Å²) in [6, 6.07) is 10.1. The van der Waals surface area contributed by atoms with Crippen molar-refractivity contribution >= 4 is 23.0 Å². The molecule has 2 N–H and O–H groups in total. The Morgan fingerprint density at radius 1 is 1.15 bits per heavy atom. The molecule has 0 heterocycles. The number of nitrogens with one attached hydrogen (secondary N) is 2. The average molecular weight is 471 g/mol. The van der Waals surface area contributed by atoms with Gasteiger partial charge in [-0.3, -0.25) is 9.59 Å². The number of rotatable bonds is 7. The molecular weight excluding hydrogens is 441 g/mol. The number of allylic oxidation sites excluding steroid dienone is 2. The molecule has 34 heavy (non-hydrogen) atoms. The van der Waals surface area contributed by atoms with Crippen molar-refractivity contribution in [3.63, 3.8) is 0 Å². The first-order valence-electron chi connectivity index (χ1n) is 11.3. The summed E-state index contributed by atoms with van der Waals surface area (Å²) < 4.78 is 43.6. The Labute approximate surface area is 197 Å². The Bertz CT molecular complexity index is 1110. The number of amides is 2. The Balaban J connectivity index is 1.85. The highest BCUT2D eigenvalue weighted by Gasteiger charge is 2.42. The van der Waals surface area contributed by atoms with E-state index in [0.717, 1.165) is 5.56 Å². The molecule has 2 amide bonds. The third kappa shape index (κ3) is 5.58. The van der Waals surface area contributed by atoms with E-state index in [4.69, 9.17) is 0 Å². The lowest BCUT2D eigenvalue weighted by atomic mass is 9.89. The van der Waals surface area contributed by atoms with Crippen LogP contribution >= 0.6 is 0 Å². The highest BCUT2D eigenvalue weighted by atomic mass is 19.3. The van der Waals surface area contributed by atoms with Gasteiger partial charge in [-0.25, -0.2) is 13.2 Å². The second kappa shape index (κ2) is 10.7. The summed E-state index contributed by atoms with van der Waals surface area (Å²) in [5.74, 6) is -4.56. The topological polar surface area (TPSA) is 58.2 Å². The zero-order valence-electron chi connectivity index (χ0n) is 19.4. The zero-order chi connectivity index (χ0) is 24.9. The van der Waals surface area contributed by atoms with Crippen molar-refractivity contribution in [3.05, 3.63) is 83.2 Å². The van der Waals surface area contributed by atoms with Gasteiger partial charge in [0.1, 0.15) is 5.82 Å². The molecule has 1 unspecified atom stereocenters. The molecule has 0 radical (unpaired) electrons. The van der Waals surface area contributed by atoms with Crippen LogP contribution in [0.1, 0.15) is 59.7 Å². The SMILES string of the molecule is C=C(Cc1ccc(C(=O)NC)cc1)c1cccc(F)c1C(=CC)C(=O)NC1CCCCC1(F)F. The van der Waals surface area contributed by atoms with Crippen molar-refractivity contribution in [2.75, 3.05) is 7.05 Å². The van der Waals surface area contributed by atoms with Crippen LogP contribution in [-0.2, 0) is 11.2 Å². The van der Waals surface area contributed by atoms with Gasteiger partial charge >= 0.3 is 0 Å². The summed E-state index contributed by atoms with van der Waals surface area (Å²) in [5, 5.41) is 4.99. The fourth-order valence-corrected chi connectivity index (χ4v) is 4.25. The second-order valence-corrected chi connectivity index (χ2v) is 8.45. The van der Waals surface area contributed by atoms with Crippen molar-refractivity contribution in [2.45, 2.75) is 51.0 Å². The average Bonchev–Trinajstić information content (AvgIpc) is 2.81. The standard InChI is InChI=1S/C27H29F3N2O2/c1-4-20(26(34)32-23-10-5-6-15-27(23,29)30)24-21(8-7-9-22(24)28)17(2)16-18-11-13-19(14-12-18)25(33)31-3/h4,7-9,11-14,23H,2,5-6,10,15-16H2,1,3H3,(H,31,33)(H,32,34). The molecule has 0 saturated heterocycles.